The zero-order chi connectivity index (χ0) is 19.3. The van der Waals surface area contributed by atoms with Gasteiger partial charge in [0.05, 0.1) is 11.3 Å². The number of para-hydroxylation sites is 1. The fourth-order valence-corrected chi connectivity index (χ4v) is 4.23. The SMILES string of the molecule is CCSc1nnc2c(n1)OC1(Nc3ccccc3-2)C(=O)Nc2ccc(Br)cc21. The molecule has 5 rings (SSSR count). The number of anilines is 2. The third-order valence-electron chi connectivity index (χ3n) is 4.58. The van der Waals surface area contributed by atoms with Crippen LogP contribution in [-0.2, 0) is 10.5 Å². The third-order valence-corrected chi connectivity index (χ3v) is 5.79. The Labute approximate surface area is 173 Å². The molecule has 2 aliphatic rings. The maximum atomic E-state index is 13.1. The zero-order valence-electron chi connectivity index (χ0n) is 14.7. The largest absolute Gasteiger partial charge is 0.435 e. The van der Waals surface area contributed by atoms with Crippen LogP contribution < -0.4 is 15.4 Å². The van der Waals surface area contributed by atoms with Crippen molar-refractivity contribution in [2.24, 2.45) is 0 Å². The number of rotatable bonds is 2. The maximum absolute atomic E-state index is 13.1. The van der Waals surface area contributed by atoms with Crippen LogP contribution in [0.3, 0.4) is 0 Å². The molecule has 0 fully saturated rings. The van der Waals surface area contributed by atoms with Gasteiger partial charge in [0.25, 0.3) is 11.6 Å². The van der Waals surface area contributed by atoms with Gasteiger partial charge in [-0.3, -0.25) is 4.79 Å². The third kappa shape index (κ3) is 2.57. The standard InChI is InChI=1S/C19H14BrN5O2S/c1-2-28-18-22-16-15(24-25-18)11-5-3-4-6-13(11)23-19(27-16)12-9-10(20)7-8-14(12)21-17(19)26/h3-9,23H,2H2,1H3,(H,21,26). The van der Waals surface area contributed by atoms with Crippen LogP contribution in [0, 0.1) is 0 Å². The number of amides is 1. The van der Waals surface area contributed by atoms with Gasteiger partial charge in [-0.15, -0.1) is 10.2 Å². The molecule has 0 bridgehead atoms. The Bertz CT molecular complexity index is 1130. The van der Waals surface area contributed by atoms with Crippen LogP contribution in [0.5, 0.6) is 5.88 Å². The van der Waals surface area contributed by atoms with Crippen molar-refractivity contribution < 1.29 is 9.53 Å². The molecule has 1 aromatic heterocycles. The minimum absolute atomic E-state index is 0.270. The molecule has 2 N–H and O–H groups in total. The molecule has 1 amide bonds. The molecule has 2 aliphatic heterocycles. The Morgan fingerprint density at radius 3 is 2.89 bits per heavy atom. The number of ether oxygens (including phenoxy) is 1. The van der Waals surface area contributed by atoms with Crippen molar-refractivity contribution in [1.82, 2.24) is 15.2 Å². The number of thioether (sulfide) groups is 1. The smallest absolute Gasteiger partial charge is 0.295 e. The van der Waals surface area contributed by atoms with E-state index in [0.717, 1.165) is 21.5 Å². The van der Waals surface area contributed by atoms with E-state index in [2.05, 4.69) is 41.7 Å². The fourth-order valence-electron chi connectivity index (χ4n) is 3.36. The summed E-state index contributed by atoms with van der Waals surface area (Å²) in [5.41, 5.74) is 1.90. The Balaban J connectivity index is 1.77. The van der Waals surface area contributed by atoms with Crippen molar-refractivity contribution in [3.05, 3.63) is 52.5 Å². The van der Waals surface area contributed by atoms with Crippen LogP contribution in [0.1, 0.15) is 12.5 Å². The van der Waals surface area contributed by atoms with Crippen LogP contribution in [0.15, 0.2) is 52.1 Å². The number of nitrogens with zero attached hydrogens (tertiary/aromatic N) is 3. The first-order valence-corrected chi connectivity index (χ1v) is 10.4. The molecule has 9 heteroatoms. The van der Waals surface area contributed by atoms with E-state index in [-0.39, 0.29) is 11.8 Å². The van der Waals surface area contributed by atoms with E-state index in [1.807, 2.05) is 49.4 Å². The van der Waals surface area contributed by atoms with Crippen molar-refractivity contribution in [1.29, 1.82) is 0 Å². The lowest BCUT2D eigenvalue weighted by Gasteiger charge is -2.28. The van der Waals surface area contributed by atoms with Gasteiger partial charge in [-0.25, -0.2) is 0 Å². The molecule has 0 saturated heterocycles. The van der Waals surface area contributed by atoms with Crippen molar-refractivity contribution >= 4 is 45.0 Å². The summed E-state index contributed by atoms with van der Waals surface area (Å²) >= 11 is 4.95. The molecule has 7 nitrogen and oxygen atoms in total. The monoisotopic (exact) mass is 455 g/mol. The molecule has 0 aliphatic carbocycles. The highest BCUT2D eigenvalue weighted by Gasteiger charge is 2.52. The number of fused-ring (bicyclic) bond motifs is 5. The van der Waals surface area contributed by atoms with Crippen molar-refractivity contribution in [2.45, 2.75) is 17.8 Å². The minimum Gasteiger partial charge on any atom is -0.435 e. The highest BCUT2D eigenvalue weighted by Crippen LogP contribution is 2.47. The number of nitrogens with one attached hydrogen (secondary N) is 2. The number of hydrogen-bond donors (Lipinski definition) is 2. The Morgan fingerprint density at radius 1 is 1.18 bits per heavy atom. The van der Waals surface area contributed by atoms with Gasteiger partial charge < -0.3 is 15.4 Å². The quantitative estimate of drug-likeness (QED) is 0.563. The molecule has 1 spiro atoms. The van der Waals surface area contributed by atoms with Crippen molar-refractivity contribution in [3.8, 4) is 17.1 Å². The second kappa shape index (κ2) is 6.46. The summed E-state index contributed by atoms with van der Waals surface area (Å²) in [6.07, 6.45) is 0. The first kappa shape index (κ1) is 17.4. The Kier molecular flexibility index (Phi) is 4.02. The lowest BCUT2D eigenvalue weighted by Crippen LogP contribution is -2.47. The number of carbonyl (C=O) groups is 1. The van der Waals surface area contributed by atoms with E-state index in [1.54, 1.807) is 0 Å². The van der Waals surface area contributed by atoms with E-state index in [9.17, 15) is 4.79 Å². The average Bonchev–Trinajstić information content (AvgIpc) is 2.85. The summed E-state index contributed by atoms with van der Waals surface area (Å²) in [6, 6.07) is 13.2. The topological polar surface area (TPSA) is 89.0 Å². The van der Waals surface area contributed by atoms with Gasteiger partial charge in [0, 0.05) is 15.7 Å². The van der Waals surface area contributed by atoms with Gasteiger partial charge >= 0.3 is 0 Å². The van der Waals surface area contributed by atoms with E-state index < -0.39 is 5.72 Å². The van der Waals surface area contributed by atoms with Gasteiger partial charge in [-0.05, 0) is 30.0 Å². The summed E-state index contributed by atoms with van der Waals surface area (Å²) in [5.74, 6) is 0.759. The summed E-state index contributed by atoms with van der Waals surface area (Å²) in [5, 5.41) is 15.3. The number of benzene rings is 2. The molecule has 3 aromatic rings. The van der Waals surface area contributed by atoms with E-state index in [1.165, 1.54) is 11.8 Å². The number of carbonyl (C=O) groups excluding carboxylic acids is 1. The molecular formula is C19H14BrN5O2S. The van der Waals surface area contributed by atoms with Crippen LogP contribution in [-0.4, -0.2) is 26.8 Å². The average molecular weight is 456 g/mol. The van der Waals surface area contributed by atoms with Crippen molar-refractivity contribution in [3.63, 3.8) is 0 Å². The first-order valence-electron chi connectivity index (χ1n) is 8.66. The van der Waals surface area contributed by atoms with Gasteiger partial charge in [0.2, 0.25) is 11.0 Å². The zero-order valence-corrected chi connectivity index (χ0v) is 17.1. The van der Waals surface area contributed by atoms with Crippen LogP contribution >= 0.6 is 27.7 Å². The van der Waals surface area contributed by atoms with Crippen LogP contribution in [0.2, 0.25) is 0 Å². The van der Waals surface area contributed by atoms with Gasteiger partial charge in [0.15, 0.2) is 5.69 Å². The predicted molar refractivity (Wildman–Crippen MR) is 110 cm³/mol. The normalized spacial score (nSPS) is 19.0. The van der Waals surface area contributed by atoms with Gasteiger partial charge in [0.1, 0.15) is 0 Å². The maximum Gasteiger partial charge on any atom is 0.295 e. The van der Waals surface area contributed by atoms with Crippen molar-refractivity contribution in [2.75, 3.05) is 16.4 Å². The summed E-state index contributed by atoms with van der Waals surface area (Å²) < 4.78 is 7.14. The van der Waals surface area contributed by atoms with Crippen LogP contribution in [0.25, 0.3) is 11.3 Å². The summed E-state index contributed by atoms with van der Waals surface area (Å²) in [7, 11) is 0. The number of halogens is 1. The van der Waals surface area contributed by atoms with E-state index >= 15 is 0 Å². The summed E-state index contributed by atoms with van der Waals surface area (Å²) in [6.45, 7) is 2.01. The lowest BCUT2D eigenvalue weighted by atomic mass is 10.0. The first-order chi connectivity index (χ1) is 13.6. The Morgan fingerprint density at radius 2 is 2.04 bits per heavy atom. The fraction of sp³-hybridized carbons (Fsp3) is 0.158. The highest BCUT2D eigenvalue weighted by molar-refractivity contribution is 9.10. The Hall–Kier alpha value is -2.65. The predicted octanol–water partition coefficient (Wildman–Crippen LogP) is 4.02. The second-order valence-electron chi connectivity index (χ2n) is 6.28. The second-order valence-corrected chi connectivity index (χ2v) is 8.43. The van der Waals surface area contributed by atoms with Gasteiger partial charge in [-0.2, -0.15) is 4.98 Å². The molecule has 0 radical (unpaired) electrons. The van der Waals surface area contributed by atoms with Crippen LogP contribution in [0.4, 0.5) is 11.4 Å². The summed E-state index contributed by atoms with van der Waals surface area (Å²) in [4.78, 5) is 17.7. The molecule has 1 atom stereocenters. The molecular weight excluding hydrogens is 442 g/mol. The molecule has 0 saturated carbocycles. The molecule has 140 valence electrons. The van der Waals surface area contributed by atoms with E-state index in [0.29, 0.717) is 22.1 Å². The van der Waals surface area contributed by atoms with Gasteiger partial charge in [-0.1, -0.05) is 52.8 Å². The lowest BCUT2D eigenvalue weighted by molar-refractivity contribution is -0.128. The molecule has 3 heterocycles. The number of aromatic nitrogens is 3. The minimum atomic E-state index is -1.45. The molecule has 1 unspecified atom stereocenters. The van der Waals surface area contributed by atoms with E-state index in [4.69, 9.17) is 4.74 Å². The number of hydrogen-bond acceptors (Lipinski definition) is 7. The highest BCUT2D eigenvalue weighted by atomic mass is 79.9. The molecule has 2 aromatic carbocycles. The molecule has 28 heavy (non-hydrogen) atoms.